The van der Waals surface area contributed by atoms with Gasteiger partial charge in [0.1, 0.15) is 0 Å². The fraction of sp³-hybridized carbons (Fsp3) is 0.805. The van der Waals surface area contributed by atoms with Gasteiger partial charge in [-0.3, -0.25) is 19.2 Å². The van der Waals surface area contributed by atoms with Crippen molar-refractivity contribution in [3.05, 3.63) is 0 Å². The average Bonchev–Trinajstić information content (AvgIpc) is 3.40. The molecule has 60 heavy (non-hydrogen) atoms. The van der Waals surface area contributed by atoms with E-state index in [1.807, 2.05) is 0 Å². The Hall–Kier alpha value is -3.21. The Kier molecular flexibility index (Phi) is 41.9. The summed E-state index contributed by atoms with van der Waals surface area (Å²) in [5.41, 5.74) is 0. The van der Waals surface area contributed by atoms with Crippen LogP contribution in [0.3, 0.4) is 0 Å². The summed E-state index contributed by atoms with van der Waals surface area (Å²) < 4.78 is 26.7. The van der Waals surface area contributed by atoms with E-state index in [1.165, 1.54) is 96.3 Å². The van der Waals surface area contributed by atoms with Gasteiger partial charge in [0.2, 0.25) is 24.4 Å². The summed E-state index contributed by atoms with van der Waals surface area (Å²) in [5.74, 6) is -8.06. The summed E-state index contributed by atoms with van der Waals surface area (Å²) in [7, 11) is 0. The Morgan fingerprint density at radius 2 is 0.867 bits per heavy atom. The van der Waals surface area contributed by atoms with Crippen LogP contribution in [0.25, 0.3) is 0 Å². The van der Waals surface area contributed by atoms with Crippen LogP contribution in [0.15, 0.2) is 0 Å². The molecule has 0 unspecified atom stereocenters. The molecule has 350 valence electrons. The highest BCUT2D eigenvalue weighted by Gasteiger charge is 2.49. The highest BCUT2D eigenvalue weighted by atomic mass is 35.6. The fourth-order valence-electron chi connectivity index (χ4n) is 5.32. The zero-order chi connectivity index (χ0) is 46.3. The summed E-state index contributed by atoms with van der Waals surface area (Å²) in [6.45, 7) is 9.04. The second-order valence-corrected chi connectivity index (χ2v) is 15.7. The number of esters is 7. The number of ether oxygens (including phenoxy) is 6. The smallest absolute Gasteiger partial charge is 0.359 e. The Balaban J connectivity index is -0.000000847. The third kappa shape index (κ3) is 39.0. The Labute approximate surface area is 370 Å². The van der Waals surface area contributed by atoms with Gasteiger partial charge >= 0.3 is 47.8 Å². The van der Waals surface area contributed by atoms with Crippen LogP contribution in [-0.4, -0.2) is 99.9 Å². The average molecular weight is 924 g/mol. The molecule has 1 fully saturated rings. The molecule has 2 N–H and O–H groups in total. The molecule has 0 bridgehead atoms. The highest BCUT2D eigenvalue weighted by Crippen LogP contribution is 2.17. The Morgan fingerprint density at radius 1 is 0.550 bits per heavy atom. The number of cyclic esters (lactones) is 2. The first-order chi connectivity index (χ1) is 28.3. The fourth-order valence-corrected chi connectivity index (χ4v) is 5.32. The Morgan fingerprint density at radius 3 is 1.17 bits per heavy atom. The van der Waals surface area contributed by atoms with E-state index in [4.69, 9.17) is 54.5 Å². The van der Waals surface area contributed by atoms with Crippen molar-refractivity contribution >= 4 is 82.6 Å². The topological polar surface area (TPSA) is 232 Å². The number of hydrogen-bond acceptors (Lipinski definition) is 15. The van der Waals surface area contributed by atoms with Crippen LogP contribution >= 0.6 is 34.8 Å². The van der Waals surface area contributed by atoms with Crippen molar-refractivity contribution in [1.82, 2.24) is 0 Å². The highest BCUT2D eigenvalue weighted by molar-refractivity contribution is 6.63. The van der Waals surface area contributed by atoms with Crippen LogP contribution in [0.5, 0.6) is 0 Å². The number of rotatable bonds is 28. The maximum absolute atomic E-state index is 12.1. The number of carbonyl (C=O) groups excluding carboxylic acids is 7. The van der Waals surface area contributed by atoms with E-state index in [0.717, 1.165) is 53.4 Å². The molecule has 0 radical (unpaired) electrons. The number of halogens is 3. The molecule has 0 amide bonds. The van der Waals surface area contributed by atoms with Crippen molar-refractivity contribution in [2.75, 3.05) is 13.2 Å². The minimum absolute atomic E-state index is 0.0828. The molecule has 1 aliphatic heterocycles. The van der Waals surface area contributed by atoms with Crippen LogP contribution in [0.4, 0.5) is 0 Å². The lowest BCUT2D eigenvalue weighted by Gasteiger charge is -2.21. The molecule has 1 aliphatic rings. The number of aliphatic hydroxyl groups excluding tert-OH is 1. The van der Waals surface area contributed by atoms with Gasteiger partial charge in [0.05, 0.1) is 6.61 Å². The number of alkyl halides is 3. The van der Waals surface area contributed by atoms with E-state index in [-0.39, 0.29) is 6.61 Å². The predicted molar refractivity (Wildman–Crippen MR) is 224 cm³/mol. The summed E-state index contributed by atoms with van der Waals surface area (Å²) >= 11 is 14.4. The first kappa shape index (κ1) is 61.1. The number of hydrogen-bond donors (Lipinski definition) is 2. The maximum Gasteiger partial charge on any atom is 0.359 e. The number of carbonyl (C=O) groups is 8. The van der Waals surface area contributed by atoms with Gasteiger partial charge in [0.15, 0.2) is 4.30 Å². The van der Waals surface area contributed by atoms with E-state index in [1.54, 1.807) is 0 Å². The molecule has 1 rings (SSSR count). The molecule has 16 nitrogen and oxygen atoms in total. The summed E-state index contributed by atoms with van der Waals surface area (Å²) in [5, 5.41) is 17.7. The number of aliphatic carboxylic acids is 1. The lowest BCUT2D eigenvalue weighted by Crippen LogP contribution is -2.46. The van der Waals surface area contributed by atoms with E-state index >= 15 is 0 Å². The lowest BCUT2D eigenvalue weighted by atomic mass is 10.1. The normalized spacial score (nSPS) is 15.0. The van der Waals surface area contributed by atoms with Crippen molar-refractivity contribution in [1.29, 1.82) is 0 Å². The van der Waals surface area contributed by atoms with Crippen molar-refractivity contribution in [3.8, 4) is 0 Å². The number of unbranched alkanes of at least 4 members (excludes halogenated alkanes) is 18. The van der Waals surface area contributed by atoms with Gasteiger partial charge < -0.3 is 38.6 Å². The van der Waals surface area contributed by atoms with E-state index in [2.05, 4.69) is 32.8 Å². The Bertz CT molecular complexity index is 1170. The van der Waals surface area contributed by atoms with Crippen LogP contribution in [-0.2, 0) is 66.8 Å². The summed E-state index contributed by atoms with van der Waals surface area (Å²) in [6.07, 6.45) is 17.7. The molecule has 1 heterocycles. The molecule has 1 saturated heterocycles. The van der Waals surface area contributed by atoms with Gasteiger partial charge in [-0.1, -0.05) is 164 Å². The molecule has 0 saturated carbocycles. The first-order valence-corrected chi connectivity index (χ1v) is 22.0. The van der Waals surface area contributed by atoms with E-state index in [9.17, 15) is 38.4 Å². The van der Waals surface area contributed by atoms with Gasteiger partial charge in [0, 0.05) is 34.3 Å². The molecule has 0 aliphatic carbocycles. The lowest BCUT2D eigenvalue weighted by molar-refractivity contribution is -0.188. The van der Waals surface area contributed by atoms with Gasteiger partial charge in [-0.15, -0.1) is 0 Å². The molecule has 0 aromatic heterocycles. The maximum atomic E-state index is 12.1. The third-order valence-electron chi connectivity index (χ3n) is 8.12. The van der Waals surface area contributed by atoms with Crippen molar-refractivity contribution in [3.63, 3.8) is 0 Å². The van der Waals surface area contributed by atoms with Crippen molar-refractivity contribution < 1.29 is 77.0 Å². The standard InChI is InChI=1S/C20H34O8.C12H26O.C8H8O7.CHCl3/c1-4-5-6-7-8-9-10-11-12-13-14-26-20(25)18(28-16(3)22)17(19(23)24)27-15(2)21;1-2-3-4-5-6-7-8-9-10-11-12-13;1-3(9)13-5-6(14-4(2)10)8(12)15-7(5)11;2-1(3)4/h17-18H,4-14H2,1-3H3,(H,23,24);13H,2-12H2,1H3;5-6H,1-2H3;1H/t17-,18-;;5-,6-;/m1.1./s1. The quantitative estimate of drug-likeness (QED) is 0.0247. The minimum atomic E-state index is -1.94. The largest absolute Gasteiger partial charge is 0.478 e. The molecule has 0 aromatic carbocycles. The molecular formula is C41H69Cl3O16. The number of aliphatic hydroxyl groups is 1. The molecule has 19 heteroatoms. The first-order valence-electron chi connectivity index (χ1n) is 20.7. The van der Waals surface area contributed by atoms with Crippen LogP contribution in [0, 0.1) is 0 Å². The monoisotopic (exact) mass is 922 g/mol. The number of carboxylic acid groups (broad SMARTS) is 1. The van der Waals surface area contributed by atoms with E-state index in [0.29, 0.717) is 13.0 Å². The van der Waals surface area contributed by atoms with Gasteiger partial charge in [-0.25, -0.2) is 19.2 Å². The van der Waals surface area contributed by atoms with Crippen molar-refractivity contribution in [2.24, 2.45) is 0 Å². The zero-order valence-electron chi connectivity index (χ0n) is 36.2. The third-order valence-corrected chi connectivity index (χ3v) is 8.12. The molecule has 0 aromatic rings. The van der Waals surface area contributed by atoms with E-state index < -0.39 is 76.5 Å². The second kappa shape index (κ2) is 41.2. The number of carboxylic acids is 1. The summed E-state index contributed by atoms with van der Waals surface area (Å²) in [4.78, 5) is 88.8. The SMILES string of the molecule is CC(=O)O[C@H]1C(=O)OC(=O)[C@@H]1OC(C)=O.CCCCCCCCCCCCO.CCCCCCCCCCCCOC(=O)[C@H](OC(C)=O)[C@@H](OC(C)=O)C(=O)O.ClC(Cl)Cl. The molecular weight excluding hydrogens is 855 g/mol. The zero-order valence-corrected chi connectivity index (χ0v) is 38.5. The molecule has 4 atom stereocenters. The van der Waals surface area contributed by atoms with Gasteiger partial charge in [-0.2, -0.15) is 0 Å². The predicted octanol–water partition coefficient (Wildman–Crippen LogP) is 8.22. The van der Waals surface area contributed by atoms with Gasteiger partial charge in [-0.05, 0) is 12.8 Å². The summed E-state index contributed by atoms with van der Waals surface area (Å²) in [6, 6.07) is 0. The minimum Gasteiger partial charge on any atom is -0.478 e. The van der Waals surface area contributed by atoms with Gasteiger partial charge in [0.25, 0.3) is 0 Å². The van der Waals surface area contributed by atoms with Crippen LogP contribution in [0.1, 0.15) is 170 Å². The molecule has 0 spiro atoms. The van der Waals surface area contributed by atoms with Crippen molar-refractivity contribution in [2.45, 2.75) is 199 Å². The second-order valence-electron chi connectivity index (χ2n) is 13.7. The van der Waals surface area contributed by atoms with Crippen LogP contribution < -0.4 is 0 Å². The van der Waals surface area contributed by atoms with Crippen LogP contribution in [0.2, 0.25) is 0 Å².